The van der Waals surface area contributed by atoms with Gasteiger partial charge in [-0.15, -0.1) is 0 Å². The molecular formula is C12H13N2O2P. The first-order valence-corrected chi connectivity index (χ1v) is 6.71. The minimum atomic E-state index is -3.55. The van der Waals surface area contributed by atoms with Crippen LogP contribution in [0.15, 0.2) is 48.5 Å². The molecule has 17 heavy (non-hydrogen) atoms. The van der Waals surface area contributed by atoms with E-state index in [1.54, 1.807) is 48.5 Å². The zero-order valence-corrected chi connectivity index (χ0v) is 9.97. The van der Waals surface area contributed by atoms with Crippen molar-refractivity contribution in [3.05, 3.63) is 48.5 Å². The normalized spacial score (nSPS) is 11.4. The minimum absolute atomic E-state index is 0.358. The van der Waals surface area contributed by atoms with Crippen LogP contribution in [-0.4, -0.2) is 4.89 Å². The molecule has 0 saturated heterocycles. The number of hydrogen-bond acceptors (Lipinski definition) is 3. The summed E-state index contributed by atoms with van der Waals surface area (Å²) in [6.07, 6.45) is 0. The number of hydrogen-bond donors (Lipinski definition) is 3. The van der Waals surface area contributed by atoms with Gasteiger partial charge in [-0.25, -0.2) is 0 Å². The van der Waals surface area contributed by atoms with E-state index in [1.807, 2.05) is 0 Å². The Kier molecular flexibility index (Phi) is 2.92. The Bertz CT molecular complexity index is 515. The summed E-state index contributed by atoms with van der Waals surface area (Å²) in [5, 5.41) is 0.716. The average molecular weight is 248 g/mol. The molecule has 0 fully saturated rings. The van der Waals surface area contributed by atoms with Gasteiger partial charge < -0.3 is 16.4 Å². The van der Waals surface area contributed by atoms with Crippen LogP contribution in [-0.2, 0) is 4.57 Å². The number of nitrogens with two attached hydrogens (primary N) is 2. The summed E-state index contributed by atoms with van der Waals surface area (Å²) >= 11 is 0. The van der Waals surface area contributed by atoms with E-state index >= 15 is 0 Å². The Balaban J connectivity index is 2.45. The molecule has 2 rings (SSSR count). The highest BCUT2D eigenvalue weighted by molar-refractivity contribution is 7.73. The van der Waals surface area contributed by atoms with E-state index < -0.39 is 7.37 Å². The van der Waals surface area contributed by atoms with Gasteiger partial charge in [0, 0.05) is 22.0 Å². The van der Waals surface area contributed by atoms with Crippen molar-refractivity contribution in [3.8, 4) is 0 Å². The highest BCUT2D eigenvalue weighted by Crippen LogP contribution is 2.38. The third-order valence-electron chi connectivity index (χ3n) is 2.49. The maximum Gasteiger partial charge on any atom is 0.258 e. The maximum absolute atomic E-state index is 12.3. The fourth-order valence-electron chi connectivity index (χ4n) is 1.50. The molecule has 4 nitrogen and oxygen atoms in total. The number of rotatable bonds is 2. The van der Waals surface area contributed by atoms with Crippen molar-refractivity contribution in [2.75, 3.05) is 11.5 Å². The first-order chi connectivity index (χ1) is 8.00. The van der Waals surface area contributed by atoms with Crippen LogP contribution in [0, 0.1) is 0 Å². The van der Waals surface area contributed by atoms with Gasteiger partial charge in [0.1, 0.15) is 0 Å². The van der Waals surface area contributed by atoms with Crippen LogP contribution in [0.2, 0.25) is 0 Å². The van der Waals surface area contributed by atoms with Gasteiger partial charge in [0.25, 0.3) is 7.37 Å². The smallest absolute Gasteiger partial charge is 0.258 e. The van der Waals surface area contributed by atoms with E-state index in [9.17, 15) is 9.46 Å². The summed E-state index contributed by atoms with van der Waals surface area (Å²) in [7, 11) is -3.55. The summed E-state index contributed by atoms with van der Waals surface area (Å²) in [4.78, 5) is 10.1. The van der Waals surface area contributed by atoms with E-state index in [0.717, 1.165) is 0 Å². The molecule has 0 radical (unpaired) electrons. The van der Waals surface area contributed by atoms with Crippen LogP contribution in [0.5, 0.6) is 0 Å². The van der Waals surface area contributed by atoms with Crippen molar-refractivity contribution in [1.82, 2.24) is 0 Å². The largest absolute Gasteiger partial charge is 0.399 e. The highest BCUT2D eigenvalue weighted by Gasteiger charge is 2.23. The monoisotopic (exact) mass is 248 g/mol. The molecule has 5 heteroatoms. The lowest BCUT2D eigenvalue weighted by Crippen LogP contribution is -2.15. The summed E-state index contributed by atoms with van der Waals surface area (Å²) in [6, 6.07) is 12.7. The Hall–Kier alpha value is -1.77. The van der Waals surface area contributed by atoms with Crippen molar-refractivity contribution >= 4 is 29.4 Å². The van der Waals surface area contributed by atoms with E-state index in [-0.39, 0.29) is 0 Å². The zero-order chi connectivity index (χ0) is 12.5. The minimum Gasteiger partial charge on any atom is -0.399 e. The first kappa shape index (κ1) is 11.7. The second kappa shape index (κ2) is 4.24. The van der Waals surface area contributed by atoms with Crippen LogP contribution in [0.4, 0.5) is 11.4 Å². The molecule has 2 aromatic carbocycles. The standard InChI is InChI=1S/C12H13N2O2P/c13-9-1-5-11(6-2-9)17(15,16)12-7-3-10(14)4-8-12/h1-8H,13-14H2,(H,15,16). The molecule has 0 atom stereocenters. The van der Waals surface area contributed by atoms with Gasteiger partial charge in [-0.05, 0) is 48.5 Å². The molecule has 0 aliphatic heterocycles. The van der Waals surface area contributed by atoms with Crippen molar-refractivity contribution in [1.29, 1.82) is 0 Å². The van der Waals surface area contributed by atoms with Gasteiger partial charge in [0.2, 0.25) is 0 Å². The molecular weight excluding hydrogens is 235 g/mol. The lowest BCUT2D eigenvalue weighted by molar-refractivity contribution is 0.501. The molecule has 0 spiro atoms. The number of benzene rings is 2. The van der Waals surface area contributed by atoms with Crippen LogP contribution in [0.25, 0.3) is 0 Å². The van der Waals surface area contributed by atoms with Crippen LogP contribution >= 0.6 is 7.37 Å². The van der Waals surface area contributed by atoms with Crippen molar-refractivity contribution in [2.45, 2.75) is 0 Å². The van der Waals surface area contributed by atoms with E-state index in [0.29, 0.717) is 22.0 Å². The molecule has 0 aromatic heterocycles. The Morgan fingerprint density at radius 1 is 0.765 bits per heavy atom. The quantitative estimate of drug-likeness (QED) is 0.548. The van der Waals surface area contributed by atoms with Gasteiger partial charge in [0.05, 0.1) is 0 Å². The van der Waals surface area contributed by atoms with Crippen molar-refractivity contribution < 1.29 is 9.46 Å². The fraction of sp³-hybridized carbons (Fsp3) is 0. The number of anilines is 2. The lowest BCUT2D eigenvalue weighted by Gasteiger charge is -2.12. The zero-order valence-electron chi connectivity index (χ0n) is 9.08. The summed E-state index contributed by atoms with van der Waals surface area (Å²) in [6.45, 7) is 0. The topological polar surface area (TPSA) is 89.3 Å². The second-order valence-corrected chi connectivity index (χ2v) is 5.94. The predicted octanol–water partition coefficient (Wildman–Crippen LogP) is 1.07. The SMILES string of the molecule is Nc1ccc(P(=O)(O)c2ccc(N)cc2)cc1. The van der Waals surface area contributed by atoms with Crippen molar-refractivity contribution in [3.63, 3.8) is 0 Å². The molecule has 0 saturated carbocycles. The molecule has 0 unspecified atom stereocenters. The van der Waals surface area contributed by atoms with Crippen LogP contribution < -0.4 is 22.1 Å². The summed E-state index contributed by atoms with van der Waals surface area (Å²) < 4.78 is 12.3. The summed E-state index contributed by atoms with van der Waals surface area (Å²) in [5.41, 5.74) is 12.2. The van der Waals surface area contributed by atoms with Crippen molar-refractivity contribution in [2.24, 2.45) is 0 Å². The molecule has 0 amide bonds. The number of nitrogen functional groups attached to an aromatic ring is 2. The third kappa shape index (κ3) is 2.33. The van der Waals surface area contributed by atoms with E-state index in [1.165, 1.54) is 0 Å². The average Bonchev–Trinajstić information content (AvgIpc) is 2.30. The molecule has 0 bridgehead atoms. The first-order valence-electron chi connectivity index (χ1n) is 5.05. The molecule has 5 N–H and O–H groups in total. The van der Waals surface area contributed by atoms with Crippen LogP contribution in [0.1, 0.15) is 0 Å². The molecule has 88 valence electrons. The third-order valence-corrected chi connectivity index (χ3v) is 4.48. The lowest BCUT2D eigenvalue weighted by atomic mass is 10.3. The van der Waals surface area contributed by atoms with Gasteiger partial charge in [-0.2, -0.15) is 0 Å². The van der Waals surface area contributed by atoms with E-state index in [2.05, 4.69) is 0 Å². The van der Waals surface area contributed by atoms with Crippen LogP contribution in [0.3, 0.4) is 0 Å². The van der Waals surface area contributed by atoms with Gasteiger partial charge in [0.15, 0.2) is 0 Å². The molecule has 0 heterocycles. The van der Waals surface area contributed by atoms with Gasteiger partial charge in [-0.1, -0.05) is 0 Å². The second-order valence-electron chi connectivity index (χ2n) is 3.76. The Morgan fingerprint density at radius 3 is 1.35 bits per heavy atom. The molecule has 2 aromatic rings. The summed E-state index contributed by atoms with van der Waals surface area (Å²) in [5.74, 6) is 0. The van der Waals surface area contributed by atoms with Gasteiger partial charge in [-0.3, -0.25) is 4.57 Å². The van der Waals surface area contributed by atoms with Gasteiger partial charge >= 0.3 is 0 Å². The fourth-order valence-corrected chi connectivity index (χ4v) is 2.91. The molecule has 0 aliphatic carbocycles. The Morgan fingerprint density at radius 2 is 1.06 bits per heavy atom. The highest BCUT2D eigenvalue weighted by atomic mass is 31.2. The maximum atomic E-state index is 12.3. The predicted molar refractivity (Wildman–Crippen MR) is 70.8 cm³/mol. The van der Waals surface area contributed by atoms with E-state index in [4.69, 9.17) is 11.5 Å². The Labute approximate surface area is 99.3 Å². The molecule has 0 aliphatic rings.